The van der Waals surface area contributed by atoms with Crippen molar-refractivity contribution in [3.8, 4) is 0 Å². The van der Waals surface area contributed by atoms with Crippen LogP contribution in [0.4, 0.5) is 0 Å². The third kappa shape index (κ3) is 3.08. The molecular formula is C22H17NO4. The SMILES string of the molecule is O=C1C=C(NC(CC2=CCc3ccccc32)C(=O)O)C(=O)c2ccccc21. The average Bonchev–Trinajstić information content (AvgIpc) is 3.08. The van der Waals surface area contributed by atoms with E-state index in [-0.39, 0.29) is 23.7 Å². The summed E-state index contributed by atoms with van der Waals surface area (Å²) in [5, 5.41) is 12.4. The van der Waals surface area contributed by atoms with Gasteiger partial charge in [0.25, 0.3) is 0 Å². The van der Waals surface area contributed by atoms with E-state index in [1.54, 1.807) is 24.3 Å². The molecule has 5 heteroatoms. The molecule has 0 aliphatic heterocycles. The Kier molecular flexibility index (Phi) is 4.20. The summed E-state index contributed by atoms with van der Waals surface area (Å²) in [5.41, 5.74) is 3.79. The number of ketones is 2. The molecule has 27 heavy (non-hydrogen) atoms. The zero-order valence-electron chi connectivity index (χ0n) is 14.4. The maximum atomic E-state index is 12.7. The lowest BCUT2D eigenvalue weighted by Gasteiger charge is -2.21. The van der Waals surface area contributed by atoms with Crippen LogP contribution in [0.3, 0.4) is 0 Å². The first kappa shape index (κ1) is 17.0. The molecule has 2 N–H and O–H groups in total. The highest BCUT2D eigenvalue weighted by Crippen LogP contribution is 2.31. The number of carbonyl (C=O) groups is 3. The predicted octanol–water partition coefficient (Wildman–Crippen LogP) is 3.02. The number of nitrogens with one attached hydrogen (secondary N) is 1. The molecular weight excluding hydrogens is 342 g/mol. The normalized spacial score (nSPS) is 16.1. The van der Waals surface area contributed by atoms with Crippen molar-refractivity contribution in [2.24, 2.45) is 0 Å². The topological polar surface area (TPSA) is 83.5 Å². The lowest BCUT2D eigenvalue weighted by molar-refractivity contribution is -0.139. The molecule has 0 spiro atoms. The summed E-state index contributed by atoms with van der Waals surface area (Å²) in [4.78, 5) is 36.7. The Balaban J connectivity index is 1.58. The van der Waals surface area contributed by atoms with Gasteiger partial charge in [0.1, 0.15) is 6.04 Å². The molecule has 0 amide bonds. The number of rotatable bonds is 5. The summed E-state index contributed by atoms with van der Waals surface area (Å²) in [7, 11) is 0. The fourth-order valence-electron chi connectivity index (χ4n) is 3.58. The first-order chi connectivity index (χ1) is 13.0. The fraction of sp³-hybridized carbons (Fsp3) is 0.136. The van der Waals surface area contributed by atoms with Crippen LogP contribution in [0.15, 0.2) is 66.4 Å². The van der Waals surface area contributed by atoms with Crippen molar-refractivity contribution in [2.45, 2.75) is 18.9 Å². The summed E-state index contributed by atoms with van der Waals surface area (Å²) in [6.07, 6.45) is 4.20. The molecule has 0 fully saturated rings. The minimum atomic E-state index is -1.07. The number of hydrogen-bond acceptors (Lipinski definition) is 4. The van der Waals surface area contributed by atoms with Crippen LogP contribution < -0.4 is 5.32 Å². The zero-order chi connectivity index (χ0) is 19.0. The highest BCUT2D eigenvalue weighted by Gasteiger charge is 2.29. The van der Waals surface area contributed by atoms with Gasteiger partial charge in [-0.1, -0.05) is 54.6 Å². The number of fused-ring (bicyclic) bond motifs is 2. The number of hydrogen-bond donors (Lipinski definition) is 2. The summed E-state index contributed by atoms with van der Waals surface area (Å²) in [6, 6.07) is 13.4. The molecule has 0 saturated heterocycles. The van der Waals surface area contributed by atoms with E-state index in [0.29, 0.717) is 11.1 Å². The van der Waals surface area contributed by atoms with E-state index in [1.165, 1.54) is 6.08 Å². The van der Waals surface area contributed by atoms with Crippen molar-refractivity contribution in [3.63, 3.8) is 0 Å². The van der Waals surface area contributed by atoms with Gasteiger partial charge in [-0.15, -0.1) is 0 Å². The number of Topliss-reactive ketones (excluding diaryl/α,β-unsaturated/α-hetero) is 1. The van der Waals surface area contributed by atoms with Crippen LogP contribution in [0.1, 0.15) is 38.3 Å². The van der Waals surface area contributed by atoms with Crippen LogP contribution in [-0.4, -0.2) is 28.7 Å². The van der Waals surface area contributed by atoms with Gasteiger partial charge in [0.05, 0.1) is 5.70 Å². The molecule has 2 aromatic carbocycles. The van der Waals surface area contributed by atoms with Crippen LogP contribution in [0.2, 0.25) is 0 Å². The van der Waals surface area contributed by atoms with E-state index in [1.807, 2.05) is 30.3 Å². The number of carboxylic acid groups (broad SMARTS) is 1. The molecule has 2 aromatic rings. The Bertz CT molecular complexity index is 1030. The monoisotopic (exact) mass is 359 g/mol. The Morgan fingerprint density at radius 3 is 2.41 bits per heavy atom. The molecule has 0 radical (unpaired) electrons. The highest BCUT2D eigenvalue weighted by molar-refractivity contribution is 6.24. The summed E-state index contributed by atoms with van der Waals surface area (Å²) in [6.45, 7) is 0. The first-order valence-corrected chi connectivity index (χ1v) is 8.71. The van der Waals surface area contributed by atoms with Gasteiger partial charge in [-0.3, -0.25) is 9.59 Å². The van der Waals surface area contributed by atoms with Crippen molar-refractivity contribution >= 4 is 23.1 Å². The highest BCUT2D eigenvalue weighted by atomic mass is 16.4. The number of aliphatic carboxylic acids is 1. The summed E-state index contributed by atoms with van der Waals surface area (Å²) < 4.78 is 0. The Morgan fingerprint density at radius 1 is 1.00 bits per heavy atom. The largest absolute Gasteiger partial charge is 0.480 e. The second kappa shape index (κ2) is 6.68. The predicted molar refractivity (Wildman–Crippen MR) is 100 cm³/mol. The molecule has 0 bridgehead atoms. The number of allylic oxidation sites excluding steroid dienone is 3. The number of benzene rings is 2. The van der Waals surface area contributed by atoms with Crippen LogP contribution in [0, 0.1) is 0 Å². The third-order valence-electron chi connectivity index (χ3n) is 4.94. The molecule has 0 saturated carbocycles. The number of carboxylic acids is 1. The van der Waals surface area contributed by atoms with E-state index in [4.69, 9.17) is 0 Å². The van der Waals surface area contributed by atoms with E-state index in [0.717, 1.165) is 23.1 Å². The van der Waals surface area contributed by atoms with Crippen LogP contribution >= 0.6 is 0 Å². The van der Waals surface area contributed by atoms with E-state index >= 15 is 0 Å². The van der Waals surface area contributed by atoms with Crippen LogP contribution in [-0.2, 0) is 11.2 Å². The second-order valence-corrected chi connectivity index (χ2v) is 6.63. The van der Waals surface area contributed by atoms with E-state index < -0.39 is 12.0 Å². The van der Waals surface area contributed by atoms with Gasteiger partial charge in [0.2, 0.25) is 5.78 Å². The van der Waals surface area contributed by atoms with Gasteiger partial charge in [-0.2, -0.15) is 0 Å². The second-order valence-electron chi connectivity index (χ2n) is 6.63. The van der Waals surface area contributed by atoms with Gasteiger partial charge >= 0.3 is 5.97 Å². The first-order valence-electron chi connectivity index (χ1n) is 8.71. The van der Waals surface area contributed by atoms with E-state index in [9.17, 15) is 19.5 Å². The minimum Gasteiger partial charge on any atom is -0.480 e. The van der Waals surface area contributed by atoms with Crippen molar-refractivity contribution < 1.29 is 19.5 Å². The van der Waals surface area contributed by atoms with Gasteiger partial charge in [0.15, 0.2) is 5.78 Å². The van der Waals surface area contributed by atoms with Crippen molar-refractivity contribution in [3.05, 3.63) is 88.6 Å². The smallest absolute Gasteiger partial charge is 0.326 e. The molecule has 4 rings (SSSR count). The summed E-state index contributed by atoms with van der Waals surface area (Å²) >= 11 is 0. The van der Waals surface area contributed by atoms with Crippen LogP contribution in [0.25, 0.3) is 5.57 Å². The lowest BCUT2D eigenvalue weighted by Crippen LogP contribution is -2.40. The van der Waals surface area contributed by atoms with Crippen LogP contribution in [0.5, 0.6) is 0 Å². The van der Waals surface area contributed by atoms with Gasteiger partial charge < -0.3 is 10.4 Å². The van der Waals surface area contributed by atoms with E-state index in [2.05, 4.69) is 5.32 Å². The van der Waals surface area contributed by atoms with Crippen molar-refractivity contribution in [1.29, 1.82) is 0 Å². The van der Waals surface area contributed by atoms with Gasteiger partial charge in [0, 0.05) is 23.6 Å². The Morgan fingerprint density at radius 2 is 1.67 bits per heavy atom. The molecule has 0 heterocycles. The standard InChI is InChI=1S/C22H17NO4/c24-20-12-18(21(25)17-8-4-3-7-16(17)20)23-19(22(26)27)11-14-10-9-13-5-1-2-6-15(13)14/h1-8,10,12,19,23H,9,11H2,(H,26,27). The van der Waals surface area contributed by atoms with Gasteiger partial charge in [-0.05, 0) is 23.1 Å². The maximum absolute atomic E-state index is 12.7. The molecule has 1 unspecified atom stereocenters. The molecule has 2 aliphatic rings. The Labute approximate surface area is 156 Å². The number of carbonyl (C=O) groups excluding carboxylic acids is 2. The van der Waals surface area contributed by atoms with Crippen molar-refractivity contribution in [2.75, 3.05) is 0 Å². The summed E-state index contributed by atoms with van der Waals surface area (Å²) in [5.74, 6) is -1.74. The molecule has 1 atom stereocenters. The zero-order valence-corrected chi connectivity index (χ0v) is 14.4. The van der Waals surface area contributed by atoms with Crippen molar-refractivity contribution in [1.82, 2.24) is 5.32 Å². The molecule has 0 aromatic heterocycles. The quantitative estimate of drug-likeness (QED) is 0.857. The Hall–Kier alpha value is -3.47. The maximum Gasteiger partial charge on any atom is 0.326 e. The third-order valence-corrected chi connectivity index (χ3v) is 4.94. The molecule has 5 nitrogen and oxygen atoms in total. The molecule has 2 aliphatic carbocycles. The lowest BCUT2D eigenvalue weighted by atomic mass is 9.92. The molecule has 134 valence electrons. The fourth-order valence-corrected chi connectivity index (χ4v) is 3.58. The average molecular weight is 359 g/mol. The van der Waals surface area contributed by atoms with Gasteiger partial charge in [-0.25, -0.2) is 4.79 Å². The minimum absolute atomic E-state index is 0.0259.